The van der Waals surface area contributed by atoms with E-state index in [1.165, 1.54) is 0 Å². The fourth-order valence-electron chi connectivity index (χ4n) is 2.63. The van der Waals surface area contributed by atoms with Crippen molar-refractivity contribution in [3.63, 3.8) is 0 Å². The molecule has 1 aliphatic heterocycles. The van der Waals surface area contributed by atoms with Crippen molar-refractivity contribution in [2.24, 2.45) is 0 Å². The molecule has 28 heavy (non-hydrogen) atoms. The van der Waals surface area contributed by atoms with E-state index in [2.05, 4.69) is 0 Å². The van der Waals surface area contributed by atoms with Gasteiger partial charge in [0.25, 0.3) is 0 Å². The third kappa shape index (κ3) is 12.3. The predicted molar refractivity (Wildman–Crippen MR) is 99.2 cm³/mol. The van der Waals surface area contributed by atoms with Gasteiger partial charge in [-0.05, 0) is 39.5 Å². The maximum atomic E-state index is 11.8. The number of cyclic esters (lactones) is 4. The van der Waals surface area contributed by atoms with Gasteiger partial charge in [0.2, 0.25) is 0 Å². The molecule has 0 saturated carbocycles. The summed E-state index contributed by atoms with van der Waals surface area (Å²) in [6.45, 7) is 3.40. The molecule has 8 heteroatoms. The van der Waals surface area contributed by atoms with Crippen molar-refractivity contribution in [2.75, 3.05) is 13.2 Å². The van der Waals surface area contributed by atoms with Gasteiger partial charge in [0, 0.05) is 25.7 Å². The summed E-state index contributed by atoms with van der Waals surface area (Å²) >= 11 is 0. The highest BCUT2D eigenvalue weighted by Gasteiger charge is 2.14. The van der Waals surface area contributed by atoms with Crippen LogP contribution in [0.1, 0.15) is 78.1 Å². The number of esters is 4. The van der Waals surface area contributed by atoms with E-state index in [0.29, 0.717) is 38.5 Å². The Kier molecular flexibility index (Phi) is 11.9. The van der Waals surface area contributed by atoms with Crippen LogP contribution in [-0.2, 0) is 38.1 Å². The molecule has 1 heterocycles. The Morgan fingerprint density at radius 1 is 0.536 bits per heavy atom. The van der Waals surface area contributed by atoms with Gasteiger partial charge < -0.3 is 18.9 Å². The van der Waals surface area contributed by atoms with E-state index in [0.717, 1.165) is 0 Å². The molecule has 1 aliphatic rings. The van der Waals surface area contributed by atoms with Gasteiger partial charge in [-0.15, -0.1) is 0 Å². The molecule has 8 nitrogen and oxygen atoms in total. The molecular weight excluding hydrogens is 368 g/mol. The van der Waals surface area contributed by atoms with Crippen LogP contribution in [0.25, 0.3) is 0 Å². The topological polar surface area (TPSA) is 105 Å². The first kappa shape index (κ1) is 23.9. The monoisotopic (exact) mass is 400 g/mol. The van der Waals surface area contributed by atoms with Gasteiger partial charge in [-0.25, -0.2) is 0 Å². The fourth-order valence-corrected chi connectivity index (χ4v) is 2.63. The highest BCUT2D eigenvalue weighted by Crippen LogP contribution is 2.09. The van der Waals surface area contributed by atoms with E-state index < -0.39 is 12.2 Å². The van der Waals surface area contributed by atoms with E-state index in [9.17, 15) is 19.2 Å². The molecule has 0 radical (unpaired) electrons. The van der Waals surface area contributed by atoms with Crippen molar-refractivity contribution < 1.29 is 38.1 Å². The molecule has 2 unspecified atom stereocenters. The first-order chi connectivity index (χ1) is 13.4. The van der Waals surface area contributed by atoms with Crippen LogP contribution in [0, 0.1) is 0 Å². The summed E-state index contributed by atoms with van der Waals surface area (Å²) in [4.78, 5) is 46.9. The number of rotatable bonds is 0. The van der Waals surface area contributed by atoms with Crippen molar-refractivity contribution in [3.8, 4) is 0 Å². The normalized spacial score (nSPS) is 25.9. The molecule has 2 atom stereocenters. The van der Waals surface area contributed by atoms with Crippen molar-refractivity contribution in [1.29, 1.82) is 0 Å². The van der Waals surface area contributed by atoms with Gasteiger partial charge >= 0.3 is 23.9 Å². The highest BCUT2D eigenvalue weighted by atomic mass is 16.6. The molecule has 0 aromatic rings. The maximum Gasteiger partial charge on any atom is 0.306 e. The summed E-state index contributed by atoms with van der Waals surface area (Å²) in [5.74, 6) is -1.38. The van der Waals surface area contributed by atoms with Crippen LogP contribution < -0.4 is 0 Å². The molecular formula is C20H32O8. The van der Waals surface area contributed by atoms with Gasteiger partial charge in [0.05, 0.1) is 0 Å². The molecule has 0 spiro atoms. The zero-order chi connectivity index (χ0) is 20.8. The number of carbonyl (C=O) groups excluding carboxylic acids is 4. The second-order valence-corrected chi connectivity index (χ2v) is 7.09. The average molecular weight is 400 g/mol. The quantitative estimate of drug-likeness (QED) is 0.451. The third-order valence-electron chi connectivity index (χ3n) is 4.15. The molecule has 1 fully saturated rings. The number of carbonyl (C=O) groups is 4. The molecule has 0 aromatic carbocycles. The molecule has 0 aliphatic carbocycles. The molecule has 160 valence electrons. The number of ether oxygens (including phenoxy) is 4. The summed E-state index contributed by atoms with van der Waals surface area (Å²) in [6.07, 6.45) is 3.81. The van der Waals surface area contributed by atoms with Crippen LogP contribution in [0.15, 0.2) is 0 Å². The van der Waals surface area contributed by atoms with Crippen LogP contribution >= 0.6 is 0 Å². The smallest absolute Gasteiger partial charge is 0.306 e. The minimum Gasteiger partial charge on any atom is -0.462 e. The van der Waals surface area contributed by atoms with Gasteiger partial charge in [-0.3, -0.25) is 19.2 Å². The van der Waals surface area contributed by atoms with Crippen LogP contribution in [0.5, 0.6) is 0 Å². The lowest BCUT2D eigenvalue weighted by molar-refractivity contribution is -0.158. The first-order valence-electron chi connectivity index (χ1n) is 10.1. The predicted octanol–water partition coefficient (Wildman–Crippen LogP) is 2.85. The number of hydrogen-bond donors (Lipinski definition) is 0. The lowest BCUT2D eigenvalue weighted by Gasteiger charge is -2.14. The Morgan fingerprint density at radius 2 is 0.857 bits per heavy atom. The molecule has 1 rings (SSSR count). The lowest BCUT2D eigenvalue weighted by Crippen LogP contribution is -2.22. The van der Waals surface area contributed by atoms with Crippen LogP contribution in [0.2, 0.25) is 0 Å². The average Bonchev–Trinajstić information content (AvgIpc) is 2.63. The Labute approximate surface area is 166 Å². The van der Waals surface area contributed by atoms with Gasteiger partial charge in [-0.1, -0.05) is 12.8 Å². The van der Waals surface area contributed by atoms with Crippen molar-refractivity contribution in [1.82, 2.24) is 0 Å². The van der Waals surface area contributed by atoms with E-state index in [1.807, 2.05) is 0 Å². The Balaban J connectivity index is 2.45. The highest BCUT2D eigenvalue weighted by molar-refractivity contribution is 5.71. The minimum absolute atomic E-state index is 0.0284. The largest absolute Gasteiger partial charge is 0.462 e. The summed E-state index contributed by atoms with van der Waals surface area (Å²) in [5.41, 5.74) is 0. The summed E-state index contributed by atoms with van der Waals surface area (Å²) < 4.78 is 20.6. The molecule has 0 N–H and O–H groups in total. The van der Waals surface area contributed by atoms with E-state index in [1.54, 1.807) is 13.8 Å². The van der Waals surface area contributed by atoms with E-state index >= 15 is 0 Å². The molecule has 1 saturated heterocycles. The lowest BCUT2D eigenvalue weighted by atomic mass is 10.1. The van der Waals surface area contributed by atoms with E-state index in [-0.39, 0.29) is 62.8 Å². The minimum atomic E-state index is -0.499. The SMILES string of the molecule is CC1COC(=O)CCCCCC(=O)OC(C)COC(=O)CCCCCC(=O)O1. The molecule has 0 amide bonds. The van der Waals surface area contributed by atoms with E-state index in [4.69, 9.17) is 18.9 Å². The van der Waals surface area contributed by atoms with Crippen LogP contribution in [-0.4, -0.2) is 49.3 Å². The first-order valence-corrected chi connectivity index (χ1v) is 10.1. The second kappa shape index (κ2) is 14.0. The standard InChI is InChI=1S/C20H32O8/c1-15-13-25-17(21)9-5-4-8-12-20(24)28-16(2)14-26-18(22)10-6-3-7-11-19(23)27-15/h15-16H,3-14H2,1-2H3. The zero-order valence-corrected chi connectivity index (χ0v) is 16.9. The third-order valence-corrected chi connectivity index (χ3v) is 4.15. The van der Waals surface area contributed by atoms with Crippen LogP contribution in [0.4, 0.5) is 0 Å². The van der Waals surface area contributed by atoms with Crippen molar-refractivity contribution >= 4 is 23.9 Å². The Bertz CT molecular complexity index is 470. The van der Waals surface area contributed by atoms with Gasteiger partial charge in [-0.2, -0.15) is 0 Å². The second-order valence-electron chi connectivity index (χ2n) is 7.09. The summed E-state index contributed by atoms with van der Waals surface area (Å²) in [6, 6.07) is 0. The number of hydrogen-bond acceptors (Lipinski definition) is 8. The molecule has 0 aromatic heterocycles. The summed E-state index contributed by atoms with van der Waals surface area (Å²) in [5, 5.41) is 0. The van der Waals surface area contributed by atoms with Gasteiger partial charge in [0.15, 0.2) is 0 Å². The Morgan fingerprint density at radius 3 is 1.21 bits per heavy atom. The van der Waals surface area contributed by atoms with Crippen molar-refractivity contribution in [3.05, 3.63) is 0 Å². The van der Waals surface area contributed by atoms with Crippen LogP contribution in [0.3, 0.4) is 0 Å². The van der Waals surface area contributed by atoms with Crippen molar-refractivity contribution in [2.45, 2.75) is 90.3 Å². The molecule has 0 bridgehead atoms. The summed E-state index contributed by atoms with van der Waals surface area (Å²) in [7, 11) is 0. The Hall–Kier alpha value is -2.12. The van der Waals surface area contributed by atoms with Gasteiger partial charge in [0.1, 0.15) is 25.4 Å². The fraction of sp³-hybridized carbons (Fsp3) is 0.800. The maximum absolute atomic E-state index is 11.8. The zero-order valence-electron chi connectivity index (χ0n) is 16.9.